The Labute approximate surface area is 171 Å². The highest BCUT2D eigenvalue weighted by molar-refractivity contribution is 5.85. The SMILES string of the molecule is C#CCOC[C@H]1O[C@@H](n2cnc3c(Nc4cccc(F)c4C)ncnc32)[C@H](O)[C@@H]1O. The van der Waals surface area contributed by atoms with Gasteiger partial charge in [0.25, 0.3) is 0 Å². The lowest BCUT2D eigenvalue weighted by Crippen LogP contribution is -2.33. The van der Waals surface area contributed by atoms with Crippen LogP contribution in [0.15, 0.2) is 30.9 Å². The first-order valence-corrected chi connectivity index (χ1v) is 9.23. The second kappa shape index (κ2) is 8.33. The van der Waals surface area contributed by atoms with Crippen LogP contribution >= 0.6 is 0 Å². The number of fused-ring (bicyclic) bond motifs is 1. The zero-order valence-electron chi connectivity index (χ0n) is 16.1. The van der Waals surface area contributed by atoms with E-state index in [-0.39, 0.29) is 19.0 Å². The maximum Gasteiger partial charge on any atom is 0.167 e. The molecule has 0 amide bonds. The third kappa shape index (κ3) is 3.59. The maximum atomic E-state index is 13.9. The maximum absolute atomic E-state index is 13.9. The van der Waals surface area contributed by atoms with Crippen LogP contribution in [-0.4, -0.2) is 61.3 Å². The van der Waals surface area contributed by atoms with Gasteiger partial charge in [0.05, 0.1) is 12.9 Å². The third-order valence-corrected chi connectivity index (χ3v) is 4.96. The number of hydrogen-bond donors (Lipinski definition) is 3. The van der Waals surface area contributed by atoms with Gasteiger partial charge in [-0.1, -0.05) is 12.0 Å². The van der Waals surface area contributed by atoms with Crippen LogP contribution in [0.3, 0.4) is 0 Å². The lowest BCUT2D eigenvalue weighted by atomic mass is 10.1. The minimum absolute atomic E-state index is 0.0339. The first-order chi connectivity index (χ1) is 14.5. The summed E-state index contributed by atoms with van der Waals surface area (Å²) in [6.07, 6.45) is 3.83. The van der Waals surface area contributed by atoms with Crippen molar-refractivity contribution < 1.29 is 24.1 Å². The number of nitrogens with one attached hydrogen (secondary N) is 1. The van der Waals surface area contributed by atoms with Gasteiger partial charge < -0.3 is 25.0 Å². The lowest BCUT2D eigenvalue weighted by molar-refractivity contribution is -0.0615. The van der Waals surface area contributed by atoms with Crippen LogP contribution in [0.5, 0.6) is 0 Å². The molecule has 0 spiro atoms. The van der Waals surface area contributed by atoms with Gasteiger partial charge in [-0.25, -0.2) is 19.3 Å². The van der Waals surface area contributed by atoms with Gasteiger partial charge in [0.1, 0.15) is 37.1 Å². The molecule has 156 valence electrons. The van der Waals surface area contributed by atoms with Gasteiger partial charge in [0.2, 0.25) is 0 Å². The van der Waals surface area contributed by atoms with Crippen LogP contribution in [0.2, 0.25) is 0 Å². The summed E-state index contributed by atoms with van der Waals surface area (Å²) in [6.45, 7) is 1.76. The lowest BCUT2D eigenvalue weighted by Gasteiger charge is -2.16. The summed E-state index contributed by atoms with van der Waals surface area (Å²) >= 11 is 0. The second-order valence-corrected chi connectivity index (χ2v) is 6.85. The predicted molar refractivity (Wildman–Crippen MR) is 105 cm³/mol. The molecular formula is C20H20FN5O4. The summed E-state index contributed by atoms with van der Waals surface area (Å²) < 4.78 is 26.4. The molecule has 1 fully saturated rings. The molecule has 1 aliphatic rings. The number of ether oxygens (including phenoxy) is 2. The topological polar surface area (TPSA) is 115 Å². The van der Waals surface area contributed by atoms with E-state index in [9.17, 15) is 14.6 Å². The third-order valence-electron chi connectivity index (χ3n) is 4.96. The molecular weight excluding hydrogens is 393 g/mol. The highest BCUT2D eigenvalue weighted by Crippen LogP contribution is 2.33. The normalized spacial score (nSPS) is 23.6. The molecule has 2 aromatic heterocycles. The number of aliphatic hydroxyl groups excluding tert-OH is 2. The quantitative estimate of drug-likeness (QED) is 0.409. The molecule has 0 aliphatic carbocycles. The van der Waals surface area contributed by atoms with Crippen molar-refractivity contribution in [1.29, 1.82) is 0 Å². The van der Waals surface area contributed by atoms with E-state index < -0.39 is 24.5 Å². The number of imidazole rings is 1. The largest absolute Gasteiger partial charge is 0.387 e. The van der Waals surface area contributed by atoms with Crippen molar-refractivity contribution in [2.75, 3.05) is 18.5 Å². The Morgan fingerprint density at radius 3 is 2.93 bits per heavy atom. The van der Waals surface area contributed by atoms with Crippen LogP contribution < -0.4 is 5.32 Å². The monoisotopic (exact) mass is 413 g/mol. The van der Waals surface area contributed by atoms with Gasteiger partial charge in [-0.3, -0.25) is 4.57 Å². The molecule has 0 saturated carbocycles. The number of nitrogens with zero attached hydrogens (tertiary/aromatic N) is 4. The van der Waals surface area contributed by atoms with Gasteiger partial charge in [-0.05, 0) is 19.1 Å². The molecule has 1 aromatic carbocycles. The summed E-state index contributed by atoms with van der Waals surface area (Å²) in [6, 6.07) is 4.69. The van der Waals surface area contributed by atoms with Crippen molar-refractivity contribution in [2.45, 2.75) is 31.5 Å². The highest BCUT2D eigenvalue weighted by atomic mass is 19.1. The zero-order valence-corrected chi connectivity index (χ0v) is 16.1. The first kappa shape index (κ1) is 20.2. The fourth-order valence-corrected chi connectivity index (χ4v) is 3.33. The molecule has 9 nitrogen and oxygen atoms in total. The van der Waals surface area contributed by atoms with Crippen LogP contribution in [0.4, 0.5) is 15.9 Å². The first-order valence-electron chi connectivity index (χ1n) is 9.23. The minimum Gasteiger partial charge on any atom is -0.387 e. The van der Waals surface area contributed by atoms with E-state index in [1.54, 1.807) is 19.1 Å². The summed E-state index contributed by atoms with van der Waals surface area (Å²) in [7, 11) is 0. The van der Waals surface area contributed by atoms with Crippen LogP contribution in [0, 0.1) is 25.1 Å². The number of aromatic nitrogens is 4. The Morgan fingerprint density at radius 1 is 1.30 bits per heavy atom. The van der Waals surface area contributed by atoms with Gasteiger partial charge in [0, 0.05) is 11.3 Å². The van der Waals surface area contributed by atoms with Crippen LogP contribution in [-0.2, 0) is 9.47 Å². The van der Waals surface area contributed by atoms with Crippen molar-refractivity contribution in [1.82, 2.24) is 19.5 Å². The Hall–Kier alpha value is -3.10. The number of terminal acetylenes is 1. The Morgan fingerprint density at radius 2 is 2.13 bits per heavy atom. The van der Waals surface area contributed by atoms with Crippen LogP contribution in [0.25, 0.3) is 11.2 Å². The van der Waals surface area contributed by atoms with E-state index >= 15 is 0 Å². The molecule has 30 heavy (non-hydrogen) atoms. The molecule has 0 bridgehead atoms. The minimum atomic E-state index is -1.22. The molecule has 10 heteroatoms. The molecule has 3 aromatic rings. The molecule has 1 aliphatic heterocycles. The van der Waals surface area contributed by atoms with E-state index in [0.29, 0.717) is 28.2 Å². The molecule has 4 atom stereocenters. The Kier molecular flexibility index (Phi) is 5.61. The van der Waals surface area contributed by atoms with E-state index in [0.717, 1.165) is 0 Å². The van der Waals surface area contributed by atoms with Crippen molar-refractivity contribution >= 4 is 22.7 Å². The molecule has 3 heterocycles. The Balaban J connectivity index is 1.62. The summed E-state index contributed by atoms with van der Waals surface area (Å²) in [4.78, 5) is 12.8. The van der Waals surface area contributed by atoms with Gasteiger partial charge in [-0.2, -0.15) is 0 Å². The number of hydrogen-bond acceptors (Lipinski definition) is 8. The number of aliphatic hydroxyl groups is 2. The standard InChI is InChI=1S/C20H20FN5O4/c1-3-7-29-8-14-16(27)17(28)20(30-14)26-10-24-15-18(22-9-23-19(15)26)25-13-6-4-5-12(21)11(13)2/h1,4-6,9-10,14,16-17,20,27-28H,7-8H2,2H3,(H,22,23,25)/t14-,16-,17-,20-/m1/s1. The van der Waals surface area contributed by atoms with Gasteiger partial charge in [0.15, 0.2) is 23.2 Å². The average Bonchev–Trinajstić information content (AvgIpc) is 3.28. The fourth-order valence-electron chi connectivity index (χ4n) is 3.33. The van der Waals surface area contributed by atoms with Crippen molar-refractivity contribution in [2.24, 2.45) is 0 Å². The summed E-state index contributed by atoms with van der Waals surface area (Å²) in [5, 5.41) is 23.8. The highest BCUT2D eigenvalue weighted by Gasteiger charge is 2.44. The second-order valence-electron chi connectivity index (χ2n) is 6.85. The number of anilines is 2. The fraction of sp³-hybridized carbons (Fsp3) is 0.350. The average molecular weight is 413 g/mol. The molecule has 1 saturated heterocycles. The number of halogens is 1. The Bertz CT molecular complexity index is 1100. The number of benzene rings is 1. The van der Waals surface area contributed by atoms with E-state index in [1.165, 1.54) is 23.3 Å². The summed E-state index contributed by atoms with van der Waals surface area (Å²) in [5.74, 6) is 2.36. The molecule has 4 rings (SSSR count). The molecule has 0 radical (unpaired) electrons. The summed E-state index contributed by atoms with van der Waals surface area (Å²) in [5.41, 5.74) is 1.76. The van der Waals surface area contributed by atoms with Crippen LogP contribution in [0.1, 0.15) is 11.8 Å². The number of rotatable bonds is 6. The molecule has 3 N–H and O–H groups in total. The zero-order chi connectivity index (χ0) is 21.3. The predicted octanol–water partition coefficient (Wildman–Crippen LogP) is 1.29. The van der Waals surface area contributed by atoms with E-state index in [1.807, 2.05) is 0 Å². The van der Waals surface area contributed by atoms with Gasteiger partial charge in [-0.15, -0.1) is 6.42 Å². The van der Waals surface area contributed by atoms with Gasteiger partial charge >= 0.3 is 0 Å². The van der Waals surface area contributed by atoms with Crippen molar-refractivity contribution in [3.8, 4) is 12.3 Å². The van der Waals surface area contributed by atoms with E-state index in [4.69, 9.17) is 15.9 Å². The molecule has 0 unspecified atom stereocenters. The smallest absolute Gasteiger partial charge is 0.167 e. The van der Waals surface area contributed by atoms with E-state index in [2.05, 4.69) is 26.2 Å². The van der Waals surface area contributed by atoms with Crippen molar-refractivity contribution in [3.05, 3.63) is 42.2 Å². The van der Waals surface area contributed by atoms with Crippen molar-refractivity contribution in [3.63, 3.8) is 0 Å².